The summed E-state index contributed by atoms with van der Waals surface area (Å²) in [4.78, 5) is 0. The third-order valence-corrected chi connectivity index (χ3v) is 4.60. The van der Waals surface area contributed by atoms with Gasteiger partial charge in [-0.2, -0.15) is 0 Å². The highest BCUT2D eigenvalue weighted by Crippen LogP contribution is 2.50. The number of rotatable bonds is 1. The van der Waals surface area contributed by atoms with Crippen LogP contribution in [0, 0.1) is 19.3 Å². The van der Waals surface area contributed by atoms with Crippen molar-refractivity contribution in [1.82, 2.24) is 0 Å². The molecule has 0 saturated heterocycles. The molecule has 0 bridgehead atoms. The summed E-state index contributed by atoms with van der Waals surface area (Å²) in [6.07, 6.45) is 3.59. The zero-order valence-corrected chi connectivity index (χ0v) is 10.9. The molecule has 1 aliphatic rings. The fraction of sp³-hybridized carbons (Fsp3) is 0.600. The Morgan fingerprint density at radius 3 is 2.25 bits per heavy atom. The third-order valence-electron chi connectivity index (χ3n) is 4.60. The Morgan fingerprint density at radius 2 is 1.75 bits per heavy atom. The third kappa shape index (κ3) is 1.58. The highest BCUT2D eigenvalue weighted by Gasteiger charge is 2.46. The first-order valence-electron chi connectivity index (χ1n) is 6.23. The lowest BCUT2D eigenvalue weighted by molar-refractivity contribution is 0.210. The molecule has 1 aromatic rings. The van der Waals surface area contributed by atoms with E-state index in [0.29, 0.717) is 0 Å². The monoisotopic (exact) mass is 217 g/mol. The molecule has 1 saturated carbocycles. The summed E-state index contributed by atoms with van der Waals surface area (Å²) in [6.45, 7) is 8.93. The Hall–Kier alpha value is -0.820. The van der Waals surface area contributed by atoms with E-state index in [9.17, 15) is 0 Å². The standard InChI is InChI=1S/C15H23N/c1-11-6-7-13(10-12(11)2)15(16)9-5-8-14(15,3)4/h6-7,10H,5,8-9,16H2,1-4H3. The van der Waals surface area contributed by atoms with E-state index < -0.39 is 0 Å². The van der Waals surface area contributed by atoms with Crippen LogP contribution in [0.25, 0.3) is 0 Å². The highest BCUT2D eigenvalue weighted by atomic mass is 14.8. The molecule has 1 nitrogen and oxygen atoms in total. The fourth-order valence-electron chi connectivity index (χ4n) is 2.92. The van der Waals surface area contributed by atoms with Gasteiger partial charge < -0.3 is 5.73 Å². The normalized spacial score (nSPS) is 28.3. The van der Waals surface area contributed by atoms with E-state index in [0.717, 1.165) is 6.42 Å². The molecule has 0 radical (unpaired) electrons. The van der Waals surface area contributed by atoms with Crippen LogP contribution in [0.5, 0.6) is 0 Å². The van der Waals surface area contributed by atoms with Crippen LogP contribution < -0.4 is 5.73 Å². The first-order valence-corrected chi connectivity index (χ1v) is 6.23. The molecule has 2 N–H and O–H groups in total. The van der Waals surface area contributed by atoms with Gasteiger partial charge in [0.25, 0.3) is 0 Å². The van der Waals surface area contributed by atoms with E-state index in [2.05, 4.69) is 45.9 Å². The van der Waals surface area contributed by atoms with Crippen molar-refractivity contribution < 1.29 is 0 Å². The second-order valence-corrected chi connectivity index (χ2v) is 6.01. The Kier molecular flexibility index (Phi) is 2.62. The predicted molar refractivity (Wildman–Crippen MR) is 69.4 cm³/mol. The van der Waals surface area contributed by atoms with E-state index in [4.69, 9.17) is 5.73 Å². The van der Waals surface area contributed by atoms with Gasteiger partial charge in [-0.1, -0.05) is 38.5 Å². The zero-order valence-electron chi connectivity index (χ0n) is 10.9. The van der Waals surface area contributed by atoms with Crippen LogP contribution in [0.1, 0.15) is 49.8 Å². The SMILES string of the molecule is Cc1ccc(C2(N)CCCC2(C)C)cc1C. The summed E-state index contributed by atoms with van der Waals surface area (Å²) in [5.74, 6) is 0. The van der Waals surface area contributed by atoms with Crippen LogP contribution in [0.3, 0.4) is 0 Å². The van der Waals surface area contributed by atoms with Gasteiger partial charge in [-0.15, -0.1) is 0 Å². The summed E-state index contributed by atoms with van der Waals surface area (Å²) in [7, 11) is 0. The van der Waals surface area contributed by atoms with Crippen LogP contribution in [0.2, 0.25) is 0 Å². The van der Waals surface area contributed by atoms with Crippen molar-refractivity contribution in [1.29, 1.82) is 0 Å². The van der Waals surface area contributed by atoms with Crippen LogP contribution >= 0.6 is 0 Å². The van der Waals surface area contributed by atoms with Crippen molar-refractivity contribution in [2.45, 2.75) is 52.5 Å². The molecule has 1 atom stereocenters. The maximum atomic E-state index is 6.68. The van der Waals surface area contributed by atoms with Crippen LogP contribution in [-0.2, 0) is 5.54 Å². The first-order chi connectivity index (χ1) is 7.37. The molecule has 0 heterocycles. The summed E-state index contributed by atoms with van der Waals surface area (Å²) in [5.41, 5.74) is 10.8. The molecule has 88 valence electrons. The molecule has 1 aliphatic carbocycles. The second-order valence-electron chi connectivity index (χ2n) is 6.01. The maximum absolute atomic E-state index is 6.68. The van der Waals surface area contributed by atoms with Crippen LogP contribution in [0.15, 0.2) is 18.2 Å². The molecule has 16 heavy (non-hydrogen) atoms. The molecule has 0 aromatic heterocycles. The lowest BCUT2D eigenvalue weighted by Crippen LogP contribution is -2.45. The van der Waals surface area contributed by atoms with E-state index in [-0.39, 0.29) is 11.0 Å². The van der Waals surface area contributed by atoms with E-state index in [1.165, 1.54) is 29.5 Å². The molecule has 1 aromatic carbocycles. The quantitative estimate of drug-likeness (QED) is 0.763. The van der Waals surface area contributed by atoms with Gasteiger partial charge in [0, 0.05) is 5.54 Å². The van der Waals surface area contributed by atoms with E-state index in [1.807, 2.05) is 0 Å². The van der Waals surface area contributed by atoms with E-state index in [1.54, 1.807) is 0 Å². The molecular weight excluding hydrogens is 194 g/mol. The number of nitrogens with two attached hydrogens (primary N) is 1. The lowest BCUT2D eigenvalue weighted by Gasteiger charge is -2.39. The average molecular weight is 217 g/mol. The predicted octanol–water partition coefficient (Wildman–Crippen LogP) is 3.67. The molecule has 1 fully saturated rings. The smallest absolute Gasteiger partial charge is 0.0461 e. The van der Waals surface area contributed by atoms with Crippen LogP contribution in [-0.4, -0.2) is 0 Å². The fourth-order valence-corrected chi connectivity index (χ4v) is 2.92. The minimum atomic E-state index is -0.133. The van der Waals surface area contributed by atoms with Gasteiger partial charge in [0.1, 0.15) is 0 Å². The summed E-state index contributed by atoms with van der Waals surface area (Å²) >= 11 is 0. The van der Waals surface area contributed by atoms with Crippen molar-refractivity contribution in [3.8, 4) is 0 Å². The van der Waals surface area contributed by atoms with Gasteiger partial charge >= 0.3 is 0 Å². The van der Waals surface area contributed by atoms with Crippen molar-refractivity contribution >= 4 is 0 Å². The molecule has 1 heteroatoms. The van der Waals surface area contributed by atoms with Crippen molar-refractivity contribution in [3.63, 3.8) is 0 Å². The molecule has 0 aliphatic heterocycles. The van der Waals surface area contributed by atoms with Gasteiger partial charge in [-0.05, 0) is 48.8 Å². The number of hydrogen-bond donors (Lipinski definition) is 1. The first kappa shape index (κ1) is 11.7. The summed E-state index contributed by atoms with van der Waals surface area (Å²) < 4.78 is 0. The highest BCUT2D eigenvalue weighted by molar-refractivity contribution is 5.36. The minimum Gasteiger partial charge on any atom is -0.321 e. The maximum Gasteiger partial charge on any atom is 0.0461 e. The van der Waals surface area contributed by atoms with Gasteiger partial charge in [0.15, 0.2) is 0 Å². The summed E-state index contributed by atoms with van der Waals surface area (Å²) in [5, 5.41) is 0. The molecule has 0 amide bonds. The Balaban J connectivity index is 2.47. The molecule has 0 spiro atoms. The Morgan fingerprint density at radius 1 is 1.06 bits per heavy atom. The summed E-state index contributed by atoms with van der Waals surface area (Å²) in [6, 6.07) is 6.70. The van der Waals surface area contributed by atoms with Crippen molar-refractivity contribution in [2.24, 2.45) is 11.1 Å². The van der Waals surface area contributed by atoms with Crippen molar-refractivity contribution in [3.05, 3.63) is 34.9 Å². The minimum absolute atomic E-state index is 0.133. The average Bonchev–Trinajstić information content (AvgIpc) is 2.47. The number of hydrogen-bond acceptors (Lipinski definition) is 1. The Bertz CT molecular complexity index is 406. The van der Waals surface area contributed by atoms with Gasteiger partial charge in [-0.25, -0.2) is 0 Å². The van der Waals surface area contributed by atoms with Crippen molar-refractivity contribution in [2.75, 3.05) is 0 Å². The van der Waals surface area contributed by atoms with Gasteiger partial charge in [0.05, 0.1) is 0 Å². The van der Waals surface area contributed by atoms with E-state index >= 15 is 0 Å². The largest absolute Gasteiger partial charge is 0.321 e. The molecular formula is C15H23N. The molecule has 1 unspecified atom stereocenters. The zero-order chi connectivity index (χ0) is 12.0. The number of aryl methyl sites for hydroxylation is 2. The Labute approximate surface area is 99.0 Å². The topological polar surface area (TPSA) is 26.0 Å². The van der Waals surface area contributed by atoms with Crippen LogP contribution in [0.4, 0.5) is 0 Å². The second kappa shape index (κ2) is 3.59. The lowest BCUT2D eigenvalue weighted by atomic mass is 9.71. The van der Waals surface area contributed by atoms with Gasteiger partial charge in [-0.3, -0.25) is 0 Å². The van der Waals surface area contributed by atoms with Gasteiger partial charge in [0.2, 0.25) is 0 Å². The number of benzene rings is 1. The molecule has 2 rings (SSSR count).